The predicted molar refractivity (Wildman–Crippen MR) is 189 cm³/mol. The summed E-state index contributed by atoms with van der Waals surface area (Å²) in [6.07, 6.45) is 7.32. The maximum absolute atomic E-state index is 12.3. The lowest BCUT2D eigenvalue weighted by Crippen LogP contribution is -2.44. The molecule has 0 bridgehead atoms. The highest BCUT2D eigenvalue weighted by Crippen LogP contribution is 2.45. The summed E-state index contributed by atoms with van der Waals surface area (Å²) in [6.45, 7) is 13.0. The van der Waals surface area contributed by atoms with Crippen LogP contribution in [-0.2, 0) is 28.5 Å². The van der Waals surface area contributed by atoms with Crippen LogP contribution in [0.4, 0.5) is 9.59 Å². The van der Waals surface area contributed by atoms with Gasteiger partial charge in [-0.1, -0.05) is 63.3 Å². The average molecular weight is 689 g/mol. The summed E-state index contributed by atoms with van der Waals surface area (Å²) >= 11 is 0. The predicted octanol–water partition coefficient (Wildman–Crippen LogP) is 9.25. The van der Waals surface area contributed by atoms with Gasteiger partial charge in [0, 0.05) is 19.1 Å². The number of rotatable bonds is 19. The molecule has 2 aromatic rings. The number of hydrogen-bond donors (Lipinski definition) is 0. The first-order valence-electron chi connectivity index (χ1n) is 17.2. The van der Waals surface area contributed by atoms with E-state index in [0.717, 1.165) is 49.3 Å². The first kappa shape index (κ1) is 38.7. The molecule has 0 aromatic heterocycles. The van der Waals surface area contributed by atoms with Gasteiger partial charge in [-0.3, -0.25) is 0 Å². The molecule has 11 heteroatoms. The maximum Gasteiger partial charge on any atom is 0.513 e. The first-order chi connectivity index (χ1) is 22.5. The fourth-order valence-electron chi connectivity index (χ4n) is 6.38. The van der Waals surface area contributed by atoms with Crippen molar-refractivity contribution in [3.63, 3.8) is 0 Å². The second-order valence-electron chi connectivity index (χ2n) is 13.5. The number of ether oxygens (including phenoxy) is 6. The standard InChI is InChI=1S/C36H56O9Si2/c1-7-8-28-46(3,4)45-47(5,6)29-12-23-40-25-27-42-35(38)44-33-19-15-31(16-20-33)36(21-10-9-11-22-36)30-13-17-32(18-14-30)43-34(37)41-26-24-39-2/h13-20H,7-12,21-29H2,1-6H3. The van der Waals surface area contributed by atoms with Gasteiger partial charge in [-0.2, -0.15) is 0 Å². The van der Waals surface area contributed by atoms with Gasteiger partial charge in [0.2, 0.25) is 0 Å². The molecule has 0 radical (unpaired) electrons. The molecule has 1 aliphatic rings. The van der Waals surface area contributed by atoms with Crippen LogP contribution in [0.5, 0.6) is 11.5 Å². The lowest BCUT2D eigenvalue weighted by Gasteiger charge is -2.38. The topological polar surface area (TPSA) is 98.8 Å². The fraction of sp³-hybridized carbons (Fsp3) is 0.611. The second-order valence-corrected chi connectivity index (χ2v) is 22.4. The van der Waals surface area contributed by atoms with Gasteiger partial charge < -0.3 is 32.5 Å². The zero-order valence-corrected chi connectivity index (χ0v) is 31.4. The van der Waals surface area contributed by atoms with Crippen LogP contribution in [0.15, 0.2) is 48.5 Å². The van der Waals surface area contributed by atoms with Crippen molar-refractivity contribution in [2.45, 2.75) is 102 Å². The van der Waals surface area contributed by atoms with Crippen molar-refractivity contribution in [1.29, 1.82) is 0 Å². The minimum absolute atomic E-state index is 0.137. The van der Waals surface area contributed by atoms with Crippen molar-refractivity contribution in [1.82, 2.24) is 0 Å². The molecule has 9 nitrogen and oxygen atoms in total. The molecule has 3 rings (SSSR count). The largest absolute Gasteiger partial charge is 0.513 e. The summed E-state index contributed by atoms with van der Waals surface area (Å²) in [5, 5.41) is 0. The third-order valence-electron chi connectivity index (χ3n) is 8.63. The highest BCUT2D eigenvalue weighted by molar-refractivity contribution is 6.84. The smallest absolute Gasteiger partial charge is 0.455 e. The molecule has 0 N–H and O–H groups in total. The highest BCUT2D eigenvalue weighted by atomic mass is 28.4. The van der Waals surface area contributed by atoms with E-state index >= 15 is 0 Å². The van der Waals surface area contributed by atoms with Crippen molar-refractivity contribution >= 4 is 28.9 Å². The average Bonchev–Trinajstić information content (AvgIpc) is 3.04. The molecule has 0 heterocycles. The summed E-state index contributed by atoms with van der Waals surface area (Å²) in [6, 6.07) is 17.6. The van der Waals surface area contributed by atoms with Gasteiger partial charge in [-0.05, 0) is 92.9 Å². The molecule has 1 aliphatic carbocycles. The van der Waals surface area contributed by atoms with Crippen LogP contribution in [0, 0.1) is 0 Å². The Labute approximate surface area is 283 Å². The van der Waals surface area contributed by atoms with Gasteiger partial charge in [0.1, 0.15) is 24.7 Å². The van der Waals surface area contributed by atoms with Gasteiger partial charge in [-0.25, -0.2) is 9.59 Å². The fourth-order valence-corrected chi connectivity index (χ4v) is 15.4. The van der Waals surface area contributed by atoms with E-state index in [9.17, 15) is 9.59 Å². The summed E-state index contributed by atoms with van der Waals surface area (Å²) < 4.78 is 38.2. The molecule has 1 saturated carbocycles. The number of carbonyl (C=O) groups excluding carboxylic acids is 2. The Kier molecular flexibility index (Phi) is 15.9. The number of methoxy groups -OCH3 is 1. The van der Waals surface area contributed by atoms with E-state index in [2.05, 4.69) is 33.1 Å². The quantitative estimate of drug-likeness (QED) is 0.0619. The Hall–Kier alpha value is -2.71. The van der Waals surface area contributed by atoms with E-state index in [0.29, 0.717) is 31.3 Å². The third-order valence-corrected chi connectivity index (χ3v) is 16.2. The molecular weight excluding hydrogens is 633 g/mol. The summed E-state index contributed by atoms with van der Waals surface area (Å²) in [4.78, 5) is 24.2. The van der Waals surface area contributed by atoms with Crippen LogP contribution in [0.2, 0.25) is 38.3 Å². The van der Waals surface area contributed by atoms with Crippen molar-refractivity contribution < 1.29 is 42.1 Å². The summed E-state index contributed by atoms with van der Waals surface area (Å²) in [5.41, 5.74) is 2.13. The number of hydrogen-bond acceptors (Lipinski definition) is 9. The Morgan fingerprint density at radius 2 is 1.15 bits per heavy atom. The zero-order valence-electron chi connectivity index (χ0n) is 29.4. The van der Waals surface area contributed by atoms with Crippen molar-refractivity contribution in [3.05, 3.63) is 59.7 Å². The molecule has 47 heavy (non-hydrogen) atoms. The lowest BCUT2D eigenvalue weighted by atomic mass is 9.65. The zero-order chi connectivity index (χ0) is 34.2. The van der Waals surface area contributed by atoms with Crippen LogP contribution >= 0.6 is 0 Å². The van der Waals surface area contributed by atoms with E-state index in [1.54, 1.807) is 19.2 Å². The van der Waals surface area contributed by atoms with Crippen molar-refractivity contribution in [2.24, 2.45) is 0 Å². The highest BCUT2D eigenvalue weighted by Gasteiger charge is 2.36. The van der Waals surface area contributed by atoms with Gasteiger partial charge in [0.05, 0.1) is 13.2 Å². The van der Waals surface area contributed by atoms with Crippen LogP contribution in [0.25, 0.3) is 0 Å². The van der Waals surface area contributed by atoms with E-state index in [1.165, 1.54) is 25.3 Å². The molecule has 0 unspecified atom stereocenters. The van der Waals surface area contributed by atoms with Crippen molar-refractivity contribution in [3.8, 4) is 11.5 Å². The van der Waals surface area contributed by atoms with Crippen LogP contribution < -0.4 is 9.47 Å². The van der Waals surface area contributed by atoms with Crippen LogP contribution in [0.3, 0.4) is 0 Å². The number of carbonyl (C=O) groups is 2. The molecule has 0 amide bonds. The number of benzene rings is 2. The molecule has 0 spiro atoms. The minimum Gasteiger partial charge on any atom is -0.455 e. The van der Waals surface area contributed by atoms with Gasteiger partial charge in [-0.15, -0.1) is 0 Å². The van der Waals surface area contributed by atoms with E-state index in [-0.39, 0.29) is 18.6 Å². The first-order valence-corrected chi connectivity index (χ1v) is 23.4. The van der Waals surface area contributed by atoms with Gasteiger partial charge >= 0.3 is 12.3 Å². The van der Waals surface area contributed by atoms with E-state index in [4.69, 9.17) is 32.5 Å². The van der Waals surface area contributed by atoms with Crippen LogP contribution in [0.1, 0.15) is 69.4 Å². The molecule has 262 valence electrons. The van der Waals surface area contributed by atoms with Gasteiger partial charge in [0.15, 0.2) is 16.6 Å². The molecule has 2 aromatic carbocycles. The lowest BCUT2D eigenvalue weighted by molar-refractivity contribution is 0.0521. The molecule has 0 saturated heterocycles. The summed E-state index contributed by atoms with van der Waals surface area (Å²) in [7, 11) is -1.78. The number of unbranched alkanes of at least 4 members (excludes halogenated alkanes) is 1. The van der Waals surface area contributed by atoms with E-state index < -0.39 is 28.9 Å². The maximum atomic E-state index is 12.3. The monoisotopic (exact) mass is 688 g/mol. The second kappa shape index (κ2) is 19.3. The van der Waals surface area contributed by atoms with Crippen molar-refractivity contribution in [2.75, 3.05) is 40.1 Å². The molecule has 0 atom stereocenters. The Morgan fingerprint density at radius 3 is 1.64 bits per heavy atom. The Morgan fingerprint density at radius 1 is 0.660 bits per heavy atom. The summed E-state index contributed by atoms with van der Waals surface area (Å²) in [5.74, 6) is 0.854. The SMILES string of the molecule is CCCC[Si](C)(C)O[Si](C)(C)CCCOCCOC(=O)Oc1ccc(C2(c3ccc(OC(=O)OCCOC)cc3)CCCCC2)cc1. The Balaban J connectivity index is 1.44. The molecular formula is C36H56O9Si2. The Bertz CT molecular complexity index is 1210. The van der Waals surface area contributed by atoms with Crippen LogP contribution in [-0.4, -0.2) is 69.1 Å². The third kappa shape index (κ3) is 13.4. The molecule has 0 aliphatic heterocycles. The normalized spacial score (nSPS) is 14.8. The molecule has 1 fully saturated rings. The van der Waals surface area contributed by atoms with Gasteiger partial charge in [0.25, 0.3) is 0 Å². The van der Waals surface area contributed by atoms with E-state index in [1.807, 2.05) is 36.4 Å². The minimum atomic E-state index is -1.72.